The highest BCUT2D eigenvalue weighted by molar-refractivity contribution is 7.45. The van der Waals surface area contributed by atoms with Gasteiger partial charge in [-0.1, -0.05) is 100 Å². The first-order valence-electron chi connectivity index (χ1n) is 21.5. The Bertz CT molecular complexity index is 1470. The lowest BCUT2D eigenvalue weighted by Gasteiger charge is -2.28. The topological polar surface area (TPSA) is 145 Å². The van der Waals surface area contributed by atoms with E-state index in [0.29, 0.717) is 30.3 Å². The fourth-order valence-electron chi connectivity index (χ4n) is 5.73. The van der Waals surface area contributed by atoms with Gasteiger partial charge in [-0.2, -0.15) is 0 Å². The number of rotatable bonds is 34. The molecule has 0 saturated carbocycles. The van der Waals surface area contributed by atoms with Crippen molar-refractivity contribution in [3.63, 3.8) is 0 Å². The van der Waals surface area contributed by atoms with E-state index < -0.39 is 38.6 Å². The highest BCUT2D eigenvalue weighted by atomic mass is 31.2. The summed E-state index contributed by atoms with van der Waals surface area (Å²) in [4.78, 5) is 37.6. The lowest BCUT2D eigenvalue weighted by molar-refractivity contribution is -0.870. The number of phosphoric acid groups is 1. The zero-order chi connectivity index (χ0) is 43.1. The van der Waals surface area contributed by atoms with E-state index in [1.54, 1.807) is 12.2 Å². The number of nitrogens with zero attached hydrogens (tertiary/aromatic N) is 1. The highest BCUT2D eigenvalue weighted by Crippen LogP contribution is 2.38. The quantitative estimate of drug-likeness (QED) is 0.0178. The van der Waals surface area contributed by atoms with E-state index >= 15 is 0 Å². The number of ether oxygens (including phenoxy) is 2. The predicted octanol–water partition coefficient (Wildman–Crippen LogP) is 9.68. The maximum absolute atomic E-state index is 12.7. The Morgan fingerprint density at radius 1 is 0.759 bits per heavy atom. The van der Waals surface area contributed by atoms with Gasteiger partial charge >= 0.3 is 11.9 Å². The van der Waals surface area contributed by atoms with Crippen molar-refractivity contribution in [2.45, 2.75) is 149 Å². The normalized spacial score (nSPS) is 14.7. The predicted molar refractivity (Wildman–Crippen MR) is 231 cm³/mol. The van der Waals surface area contributed by atoms with E-state index in [1.165, 1.54) is 11.1 Å². The minimum absolute atomic E-state index is 0.0188. The van der Waals surface area contributed by atoms with Crippen LogP contribution in [-0.2, 0) is 45.5 Å². The molecule has 0 saturated heterocycles. The molecule has 1 heterocycles. The zero-order valence-corrected chi connectivity index (χ0v) is 37.7. The van der Waals surface area contributed by atoms with E-state index in [1.807, 2.05) is 33.3 Å². The molecule has 58 heavy (non-hydrogen) atoms. The molecular formula is C46H76NO10P. The number of allylic oxidation sites excluding steroid dienone is 9. The number of quaternary nitrogens is 1. The van der Waals surface area contributed by atoms with E-state index in [-0.39, 0.29) is 26.1 Å². The summed E-state index contributed by atoms with van der Waals surface area (Å²) in [5, 5.41) is 10.3. The number of hydrogen-bond acceptors (Lipinski definition) is 10. The molecule has 0 amide bonds. The summed E-state index contributed by atoms with van der Waals surface area (Å²) in [6.45, 7) is 8.00. The summed E-state index contributed by atoms with van der Waals surface area (Å²) >= 11 is 0. The number of hydrogen-bond donors (Lipinski definition) is 1. The number of esters is 2. The van der Waals surface area contributed by atoms with Crippen LogP contribution in [0.15, 0.2) is 65.2 Å². The fraction of sp³-hybridized carbons (Fsp3) is 0.652. The van der Waals surface area contributed by atoms with Gasteiger partial charge in [0.15, 0.2) is 6.10 Å². The van der Waals surface area contributed by atoms with Gasteiger partial charge in [0.25, 0.3) is 7.82 Å². The van der Waals surface area contributed by atoms with Crippen LogP contribution in [0.5, 0.6) is 0 Å². The molecule has 1 aromatic rings. The van der Waals surface area contributed by atoms with Crippen LogP contribution < -0.4 is 4.89 Å². The van der Waals surface area contributed by atoms with Crippen LogP contribution in [0.25, 0.3) is 0 Å². The Hall–Kier alpha value is -3.05. The van der Waals surface area contributed by atoms with Gasteiger partial charge in [-0.15, -0.1) is 0 Å². The van der Waals surface area contributed by atoms with Gasteiger partial charge < -0.3 is 37.4 Å². The molecule has 330 valence electrons. The molecule has 2 unspecified atom stereocenters. The second kappa shape index (κ2) is 31.8. The number of unbranched alkanes of at least 4 members (excludes halogenated alkanes) is 5. The van der Waals surface area contributed by atoms with Gasteiger partial charge in [0.1, 0.15) is 31.3 Å². The number of carbonyl (C=O) groups excluding carboxylic acids is 2. The van der Waals surface area contributed by atoms with Crippen molar-refractivity contribution in [1.82, 2.24) is 0 Å². The van der Waals surface area contributed by atoms with Crippen molar-refractivity contribution < 1.29 is 51.6 Å². The van der Waals surface area contributed by atoms with Gasteiger partial charge in [-0.05, 0) is 82.8 Å². The minimum atomic E-state index is -4.70. The van der Waals surface area contributed by atoms with Crippen molar-refractivity contribution >= 4 is 19.8 Å². The second-order valence-corrected chi connectivity index (χ2v) is 17.2. The third-order valence-corrected chi connectivity index (χ3v) is 10.3. The maximum Gasteiger partial charge on any atom is 0.306 e. The van der Waals surface area contributed by atoms with Crippen LogP contribution in [0.2, 0.25) is 0 Å². The van der Waals surface area contributed by atoms with Crippen LogP contribution in [0.3, 0.4) is 0 Å². The Morgan fingerprint density at radius 3 is 1.98 bits per heavy atom. The molecule has 1 N–H and O–H groups in total. The third-order valence-electron chi connectivity index (χ3n) is 9.33. The van der Waals surface area contributed by atoms with Crippen molar-refractivity contribution in [2.75, 3.05) is 47.5 Å². The Kier molecular flexibility index (Phi) is 29.1. The van der Waals surface area contributed by atoms with Gasteiger partial charge in [-0.25, -0.2) is 0 Å². The number of likely N-dealkylation sites (N-methyl/N-ethyl adjacent to an activating group) is 1. The van der Waals surface area contributed by atoms with E-state index in [2.05, 4.69) is 64.2 Å². The average molecular weight is 834 g/mol. The minimum Gasteiger partial charge on any atom is -0.756 e. The number of phosphoric ester groups is 1. The zero-order valence-electron chi connectivity index (χ0n) is 36.8. The van der Waals surface area contributed by atoms with Crippen LogP contribution in [-0.4, -0.2) is 81.2 Å². The molecule has 12 heteroatoms. The first kappa shape index (κ1) is 53.0. The third kappa shape index (κ3) is 28.4. The molecule has 0 aliphatic rings. The van der Waals surface area contributed by atoms with E-state index in [4.69, 9.17) is 22.9 Å². The second-order valence-electron chi connectivity index (χ2n) is 15.8. The molecule has 11 nitrogen and oxygen atoms in total. The molecule has 0 bridgehead atoms. The molecular weight excluding hydrogens is 757 g/mol. The van der Waals surface area contributed by atoms with Crippen molar-refractivity contribution in [1.29, 1.82) is 0 Å². The summed E-state index contributed by atoms with van der Waals surface area (Å²) in [5.74, 6) is 1.13. The van der Waals surface area contributed by atoms with Gasteiger partial charge in [0.2, 0.25) is 0 Å². The fourth-order valence-corrected chi connectivity index (χ4v) is 6.46. The van der Waals surface area contributed by atoms with Crippen LogP contribution in [0.1, 0.15) is 133 Å². The summed E-state index contributed by atoms with van der Waals surface area (Å²) < 4.78 is 39.8. The molecule has 3 atom stereocenters. The number of carbonyl (C=O) groups is 2. The number of aryl methyl sites for hydroxylation is 2. The number of aliphatic hydroxyl groups is 1. The smallest absolute Gasteiger partial charge is 0.306 e. The Labute approximate surface area is 350 Å². The van der Waals surface area contributed by atoms with Crippen LogP contribution in [0, 0.1) is 13.8 Å². The average Bonchev–Trinajstić information content (AvgIpc) is 3.42. The Morgan fingerprint density at radius 2 is 1.34 bits per heavy atom. The summed E-state index contributed by atoms with van der Waals surface area (Å²) in [6.07, 6.45) is 31.5. The summed E-state index contributed by atoms with van der Waals surface area (Å²) in [7, 11) is 1.01. The molecule has 0 aliphatic heterocycles. The molecule has 0 radical (unpaired) electrons. The molecule has 0 aromatic carbocycles. The Balaban J connectivity index is 2.47. The van der Waals surface area contributed by atoms with Gasteiger partial charge in [-0.3, -0.25) is 14.2 Å². The number of aliphatic hydroxyl groups excluding tert-OH is 1. The lowest BCUT2D eigenvalue weighted by Crippen LogP contribution is -2.37. The maximum atomic E-state index is 12.7. The van der Waals surface area contributed by atoms with E-state index in [0.717, 1.165) is 88.6 Å². The monoisotopic (exact) mass is 834 g/mol. The first-order valence-corrected chi connectivity index (χ1v) is 22.9. The molecule has 0 fully saturated rings. The summed E-state index contributed by atoms with van der Waals surface area (Å²) in [5.41, 5.74) is 2.55. The van der Waals surface area contributed by atoms with Crippen molar-refractivity contribution in [3.05, 3.63) is 83.4 Å². The first-order chi connectivity index (χ1) is 27.7. The van der Waals surface area contributed by atoms with Gasteiger partial charge in [0.05, 0.1) is 33.9 Å². The SMILES string of the molecule is CC/C=C\C/C=C\C/C=C\C/C=C\C=C\C(O)CCCC(=O)O[C@H](COC(=O)CCCCCCCCc1oc(CCC)c(C)c1C)COP(=O)([O-])OCC[N+](C)(C)C. The van der Waals surface area contributed by atoms with Crippen LogP contribution >= 0.6 is 7.82 Å². The largest absolute Gasteiger partial charge is 0.756 e. The van der Waals surface area contributed by atoms with Gasteiger partial charge in [0, 0.05) is 25.7 Å². The molecule has 1 rings (SSSR count). The highest BCUT2D eigenvalue weighted by Gasteiger charge is 2.22. The van der Waals surface area contributed by atoms with Crippen molar-refractivity contribution in [3.8, 4) is 0 Å². The standard InChI is InChI=1S/C46H76NO10P/c1-8-10-11-12-13-14-15-16-17-18-19-22-25-30-41(48)31-28-34-46(50)56-42(38-55-58(51,52)54-36-35-47(5,6)7)37-53-45(49)33-27-24-21-20-23-26-32-44-40(4)39(3)43(57-44)29-9-2/h10-11,13-14,16-17,19,22,25,30,41-42,48H,8-9,12,15,18,20-21,23-24,26-29,31-38H2,1-7H3/b11-10-,14-13-,17-16-,22-19-,30-25+/t41?,42-/m1/s1. The van der Waals surface area contributed by atoms with Crippen molar-refractivity contribution in [2.24, 2.45) is 0 Å². The van der Waals surface area contributed by atoms with Crippen LogP contribution in [0.4, 0.5) is 0 Å². The molecule has 0 aliphatic carbocycles. The molecule has 0 spiro atoms. The summed E-state index contributed by atoms with van der Waals surface area (Å²) in [6, 6.07) is 0. The van der Waals surface area contributed by atoms with E-state index in [9.17, 15) is 24.2 Å². The molecule has 1 aromatic heterocycles. The lowest BCUT2D eigenvalue weighted by atomic mass is 10.0. The number of furan rings is 1.